The van der Waals surface area contributed by atoms with Crippen molar-refractivity contribution in [3.8, 4) is 11.4 Å². The Morgan fingerprint density at radius 3 is 2.44 bits per heavy atom. The summed E-state index contributed by atoms with van der Waals surface area (Å²) in [5, 5.41) is 14.1. The van der Waals surface area contributed by atoms with Crippen LogP contribution in [0.15, 0.2) is 64.3 Å². The first-order chi connectivity index (χ1) is 15.5. The van der Waals surface area contributed by atoms with Gasteiger partial charge in [0.1, 0.15) is 0 Å². The minimum Gasteiger partial charge on any atom is -0.339 e. The molecule has 0 bridgehead atoms. The van der Waals surface area contributed by atoms with E-state index in [0.29, 0.717) is 24.0 Å². The second-order valence-electron chi connectivity index (χ2n) is 9.32. The molecule has 0 aliphatic heterocycles. The molecule has 2 aromatic heterocycles. The van der Waals surface area contributed by atoms with Gasteiger partial charge in [-0.1, -0.05) is 92.3 Å². The van der Waals surface area contributed by atoms with E-state index in [0.717, 1.165) is 35.3 Å². The molecule has 0 radical (unpaired) electrons. The summed E-state index contributed by atoms with van der Waals surface area (Å²) in [5.41, 5.74) is 3.68. The molecule has 1 aliphatic carbocycles. The summed E-state index contributed by atoms with van der Waals surface area (Å²) in [6.07, 6.45) is 2.30. The lowest BCUT2D eigenvalue weighted by Crippen LogP contribution is -2.10. The van der Waals surface area contributed by atoms with Crippen molar-refractivity contribution >= 4 is 11.8 Å². The van der Waals surface area contributed by atoms with Crippen LogP contribution in [-0.2, 0) is 17.7 Å². The van der Waals surface area contributed by atoms with Crippen molar-refractivity contribution in [1.29, 1.82) is 0 Å². The van der Waals surface area contributed by atoms with Gasteiger partial charge in [-0.2, -0.15) is 4.98 Å². The van der Waals surface area contributed by atoms with Gasteiger partial charge in [0.2, 0.25) is 5.89 Å². The molecule has 0 N–H and O–H groups in total. The van der Waals surface area contributed by atoms with Crippen LogP contribution in [0.2, 0.25) is 0 Å². The number of rotatable bonds is 7. The minimum atomic E-state index is 0.112. The molecule has 32 heavy (non-hydrogen) atoms. The zero-order valence-electron chi connectivity index (χ0n) is 18.7. The van der Waals surface area contributed by atoms with Gasteiger partial charge in [0.05, 0.1) is 12.3 Å². The average Bonchev–Trinajstić information content (AvgIpc) is 3.40. The first-order valence-corrected chi connectivity index (χ1v) is 12.0. The van der Waals surface area contributed by atoms with E-state index in [1.807, 2.05) is 6.07 Å². The Balaban J connectivity index is 1.42. The Hall–Kier alpha value is -2.93. The van der Waals surface area contributed by atoms with E-state index in [2.05, 4.69) is 94.2 Å². The van der Waals surface area contributed by atoms with Gasteiger partial charge in [0.15, 0.2) is 16.8 Å². The Kier molecular flexibility index (Phi) is 5.59. The average molecular weight is 446 g/mol. The van der Waals surface area contributed by atoms with E-state index in [1.165, 1.54) is 11.1 Å². The van der Waals surface area contributed by atoms with Gasteiger partial charge in [-0.05, 0) is 29.4 Å². The normalized spacial score (nSPS) is 14.1. The number of benzene rings is 2. The number of hydrogen-bond donors (Lipinski definition) is 0. The quantitative estimate of drug-likeness (QED) is 0.333. The summed E-state index contributed by atoms with van der Waals surface area (Å²) >= 11 is 1.59. The molecule has 0 amide bonds. The fourth-order valence-electron chi connectivity index (χ4n) is 3.59. The lowest BCUT2D eigenvalue weighted by atomic mass is 9.87. The highest BCUT2D eigenvalue weighted by molar-refractivity contribution is 7.98. The minimum absolute atomic E-state index is 0.112. The lowest BCUT2D eigenvalue weighted by molar-refractivity contribution is 0.375. The van der Waals surface area contributed by atoms with Crippen LogP contribution in [0.5, 0.6) is 0 Å². The molecule has 0 unspecified atom stereocenters. The van der Waals surface area contributed by atoms with E-state index >= 15 is 0 Å². The highest BCUT2D eigenvalue weighted by Crippen LogP contribution is 2.39. The van der Waals surface area contributed by atoms with Gasteiger partial charge in [-0.15, -0.1) is 10.2 Å². The molecular formula is C25H27N5OS. The van der Waals surface area contributed by atoms with Gasteiger partial charge in [0.25, 0.3) is 0 Å². The maximum Gasteiger partial charge on any atom is 0.229 e. The smallest absolute Gasteiger partial charge is 0.229 e. The van der Waals surface area contributed by atoms with Crippen LogP contribution in [0.25, 0.3) is 11.4 Å². The SMILES string of the molecule is CC(C)(C)c1ccc(-c2nnc(SCc3noc(C4CC4)n3)n2Cc2ccccc2)cc1. The first kappa shape index (κ1) is 20.9. The molecule has 0 atom stereocenters. The van der Waals surface area contributed by atoms with Crippen LogP contribution in [-0.4, -0.2) is 24.9 Å². The number of aromatic nitrogens is 5. The van der Waals surface area contributed by atoms with Crippen molar-refractivity contribution < 1.29 is 4.52 Å². The summed E-state index contributed by atoms with van der Waals surface area (Å²) in [5.74, 6) is 3.41. The largest absolute Gasteiger partial charge is 0.339 e. The third kappa shape index (κ3) is 4.63. The molecular weight excluding hydrogens is 418 g/mol. The van der Waals surface area contributed by atoms with Crippen molar-refractivity contribution in [3.05, 3.63) is 77.4 Å². The maximum atomic E-state index is 5.40. The lowest BCUT2D eigenvalue weighted by Gasteiger charge is -2.19. The van der Waals surface area contributed by atoms with Crippen molar-refractivity contribution in [2.45, 2.75) is 62.4 Å². The van der Waals surface area contributed by atoms with E-state index in [-0.39, 0.29) is 5.41 Å². The van der Waals surface area contributed by atoms with Crippen molar-refractivity contribution in [1.82, 2.24) is 24.9 Å². The number of nitrogens with zero attached hydrogens (tertiary/aromatic N) is 5. The molecule has 4 aromatic rings. The third-order valence-electron chi connectivity index (χ3n) is 5.65. The molecule has 1 fully saturated rings. The van der Waals surface area contributed by atoms with E-state index in [1.54, 1.807) is 11.8 Å². The van der Waals surface area contributed by atoms with Crippen molar-refractivity contribution in [2.24, 2.45) is 0 Å². The molecule has 0 saturated heterocycles. The molecule has 1 saturated carbocycles. The molecule has 7 heteroatoms. The molecule has 164 valence electrons. The van der Waals surface area contributed by atoms with Crippen LogP contribution in [0.1, 0.15) is 62.4 Å². The second kappa shape index (κ2) is 8.54. The zero-order valence-corrected chi connectivity index (χ0v) is 19.5. The van der Waals surface area contributed by atoms with Crippen LogP contribution < -0.4 is 0 Å². The number of thioether (sulfide) groups is 1. The van der Waals surface area contributed by atoms with Crippen LogP contribution in [0.3, 0.4) is 0 Å². The highest BCUT2D eigenvalue weighted by Gasteiger charge is 2.29. The predicted octanol–water partition coefficient (Wildman–Crippen LogP) is 5.84. The summed E-state index contributed by atoms with van der Waals surface area (Å²) in [7, 11) is 0. The highest BCUT2D eigenvalue weighted by atomic mass is 32.2. The molecule has 2 aromatic carbocycles. The standard InChI is InChI=1S/C25H27N5OS/c1-25(2,3)20-13-11-18(12-14-20)22-27-28-24(30(22)15-17-7-5-4-6-8-17)32-16-21-26-23(31-29-21)19-9-10-19/h4-8,11-14,19H,9-10,15-16H2,1-3H3. The topological polar surface area (TPSA) is 69.6 Å². The monoisotopic (exact) mass is 445 g/mol. The van der Waals surface area contributed by atoms with Gasteiger partial charge in [-0.25, -0.2) is 0 Å². The van der Waals surface area contributed by atoms with Gasteiger partial charge < -0.3 is 4.52 Å². The molecule has 5 rings (SSSR count). The summed E-state index contributed by atoms with van der Waals surface area (Å²) < 4.78 is 7.57. The first-order valence-electron chi connectivity index (χ1n) is 11.0. The zero-order chi connectivity index (χ0) is 22.1. The Morgan fingerprint density at radius 2 is 1.75 bits per heavy atom. The molecule has 6 nitrogen and oxygen atoms in total. The summed E-state index contributed by atoms with van der Waals surface area (Å²) in [6, 6.07) is 19.1. The number of hydrogen-bond acceptors (Lipinski definition) is 6. The Bertz CT molecular complexity index is 1190. The van der Waals surface area contributed by atoms with E-state index in [9.17, 15) is 0 Å². The van der Waals surface area contributed by atoms with Crippen molar-refractivity contribution in [3.63, 3.8) is 0 Å². The van der Waals surface area contributed by atoms with Gasteiger partial charge in [-0.3, -0.25) is 4.57 Å². The second-order valence-corrected chi connectivity index (χ2v) is 10.3. The maximum absolute atomic E-state index is 5.40. The Labute approximate surface area is 192 Å². The molecule has 2 heterocycles. The Morgan fingerprint density at radius 1 is 1.00 bits per heavy atom. The predicted molar refractivity (Wildman–Crippen MR) is 126 cm³/mol. The fourth-order valence-corrected chi connectivity index (χ4v) is 4.37. The summed E-state index contributed by atoms with van der Waals surface area (Å²) in [4.78, 5) is 4.54. The van der Waals surface area contributed by atoms with Crippen molar-refractivity contribution in [2.75, 3.05) is 0 Å². The van der Waals surface area contributed by atoms with E-state index in [4.69, 9.17) is 4.52 Å². The van der Waals surface area contributed by atoms with Crippen LogP contribution >= 0.6 is 11.8 Å². The van der Waals surface area contributed by atoms with Crippen LogP contribution in [0.4, 0.5) is 0 Å². The van der Waals surface area contributed by atoms with Crippen LogP contribution in [0, 0.1) is 0 Å². The van der Waals surface area contributed by atoms with E-state index < -0.39 is 0 Å². The van der Waals surface area contributed by atoms with Gasteiger partial charge >= 0.3 is 0 Å². The fraction of sp³-hybridized carbons (Fsp3) is 0.360. The molecule has 1 aliphatic rings. The molecule has 0 spiro atoms. The van der Waals surface area contributed by atoms with Gasteiger partial charge in [0, 0.05) is 11.5 Å². The third-order valence-corrected chi connectivity index (χ3v) is 6.61. The summed E-state index contributed by atoms with van der Waals surface area (Å²) in [6.45, 7) is 7.37.